The molecule has 5 N–H and O–H groups in total. The smallest absolute Gasteiger partial charge is 0.407 e. The van der Waals surface area contributed by atoms with Crippen LogP contribution in [0, 0.1) is 0 Å². The van der Waals surface area contributed by atoms with Gasteiger partial charge in [0, 0.05) is 42.6 Å². The molecule has 214 valence electrons. The van der Waals surface area contributed by atoms with Crippen molar-refractivity contribution in [3.63, 3.8) is 0 Å². The molecule has 2 fully saturated rings. The van der Waals surface area contributed by atoms with E-state index in [0.29, 0.717) is 42.9 Å². The van der Waals surface area contributed by atoms with E-state index in [4.69, 9.17) is 26.8 Å². The van der Waals surface area contributed by atoms with Crippen LogP contribution in [0.3, 0.4) is 0 Å². The number of nitrogens with zero attached hydrogens (tertiary/aromatic N) is 2. The summed E-state index contributed by atoms with van der Waals surface area (Å²) in [7, 11) is -4.21. The molecule has 2 saturated heterocycles. The van der Waals surface area contributed by atoms with Crippen LogP contribution in [0.25, 0.3) is 10.9 Å². The molecule has 2 aliphatic heterocycles. The third-order valence-corrected chi connectivity index (χ3v) is 9.24. The van der Waals surface area contributed by atoms with Crippen LogP contribution in [-0.2, 0) is 14.8 Å². The van der Waals surface area contributed by atoms with Gasteiger partial charge in [0.25, 0.3) is 5.91 Å². The lowest BCUT2D eigenvalue weighted by Gasteiger charge is -2.32. The summed E-state index contributed by atoms with van der Waals surface area (Å²) in [5.41, 5.74) is 6.27. The first-order valence-electron chi connectivity index (χ1n) is 12.8. The van der Waals surface area contributed by atoms with Crippen LogP contribution in [0.2, 0.25) is 5.02 Å². The zero-order valence-corrected chi connectivity index (χ0v) is 23.1. The minimum Gasteiger partial charge on any atom is -0.491 e. The molecular weight excluding hydrogens is 562 g/mol. The normalized spacial score (nSPS) is 19.0. The third-order valence-electron chi connectivity index (χ3n) is 7.07. The molecule has 0 radical (unpaired) electrons. The summed E-state index contributed by atoms with van der Waals surface area (Å²) in [6.45, 7) is 1.13. The van der Waals surface area contributed by atoms with Crippen molar-refractivity contribution in [1.29, 1.82) is 0 Å². The average Bonchev–Trinajstić information content (AvgIpc) is 3.34. The molecule has 0 aliphatic carbocycles. The average molecular weight is 592 g/mol. The number of aromatic amines is 1. The van der Waals surface area contributed by atoms with E-state index in [-0.39, 0.29) is 53.3 Å². The molecule has 2 aliphatic rings. The summed E-state index contributed by atoms with van der Waals surface area (Å²) >= 11 is 6.42. The highest BCUT2D eigenvalue weighted by Gasteiger charge is 2.37. The number of amides is 2. The van der Waals surface area contributed by atoms with E-state index in [1.807, 2.05) is 18.2 Å². The summed E-state index contributed by atoms with van der Waals surface area (Å²) in [6.07, 6.45) is -0.390. The molecule has 3 heterocycles. The van der Waals surface area contributed by atoms with Crippen molar-refractivity contribution in [2.24, 2.45) is 5.73 Å². The van der Waals surface area contributed by atoms with E-state index in [2.05, 4.69) is 10.3 Å². The third kappa shape index (κ3) is 5.82. The highest BCUT2D eigenvalue weighted by atomic mass is 35.5. The SMILES string of the molecule is NC(=O)c1[nH]c2c(NC3CCN(C(=O)O)CC3)cc(Cl)cc2c1S(=O)(=O)N1CCO[C@H](COc2ccccc2)C1. The standard InChI is InChI=1S/C26H30ClN5O7S/c27-16-12-20-22(21(13-16)29-17-6-8-31(9-7-17)26(34)35)30-23(25(28)33)24(20)40(36,37)32-10-11-38-19(14-32)15-39-18-4-2-1-3-5-18/h1-5,12-13,17,19,29-30H,6-11,14-15H2,(H2,28,33)(H,34,35)/t19-/m0/s1. The summed E-state index contributed by atoms with van der Waals surface area (Å²) in [5.74, 6) is -0.286. The van der Waals surface area contributed by atoms with Crippen LogP contribution < -0.4 is 15.8 Å². The number of likely N-dealkylation sites (tertiary alicyclic amines) is 1. The quantitative estimate of drug-likeness (QED) is 0.310. The van der Waals surface area contributed by atoms with Crippen LogP contribution in [0.5, 0.6) is 5.75 Å². The minimum absolute atomic E-state index is 0.0217. The molecule has 1 aromatic heterocycles. The highest BCUT2D eigenvalue weighted by molar-refractivity contribution is 7.89. The number of para-hydroxylation sites is 1. The Morgan fingerprint density at radius 3 is 2.58 bits per heavy atom. The van der Waals surface area contributed by atoms with Crippen LogP contribution >= 0.6 is 11.6 Å². The number of anilines is 1. The number of benzene rings is 2. The van der Waals surface area contributed by atoms with Gasteiger partial charge in [-0.15, -0.1) is 0 Å². The van der Waals surface area contributed by atoms with E-state index >= 15 is 0 Å². The Kier molecular flexibility index (Phi) is 8.08. The molecule has 3 aromatic rings. The fraction of sp³-hybridized carbons (Fsp3) is 0.385. The van der Waals surface area contributed by atoms with Gasteiger partial charge in [-0.3, -0.25) is 4.79 Å². The molecule has 12 nitrogen and oxygen atoms in total. The van der Waals surface area contributed by atoms with Gasteiger partial charge in [0.1, 0.15) is 29.0 Å². The highest BCUT2D eigenvalue weighted by Crippen LogP contribution is 2.37. The number of carbonyl (C=O) groups excluding carboxylic acids is 1. The molecule has 2 aromatic carbocycles. The summed E-state index contributed by atoms with van der Waals surface area (Å²) in [5, 5.41) is 13.1. The maximum Gasteiger partial charge on any atom is 0.407 e. The lowest BCUT2D eigenvalue weighted by atomic mass is 10.0. The van der Waals surface area contributed by atoms with E-state index in [1.54, 1.807) is 18.2 Å². The van der Waals surface area contributed by atoms with Gasteiger partial charge in [0.05, 0.1) is 17.8 Å². The number of rotatable bonds is 8. The number of nitrogens with one attached hydrogen (secondary N) is 2. The molecule has 0 bridgehead atoms. The number of ether oxygens (including phenoxy) is 2. The topological polar surface area (TPSA) is 167 Å². The lowest BCUT2D eigenvalue weighted by Crippen LogP contribution is -2.47. The Morgan fingerprint density at radius 2 is 1.90 bits per heavy atom. The second-order valence-electron chi connectivity index (χ2n) is 9.74. The summed E-state index contributed by atoms with van der Waals surface area (Å²) in [6, 6.07) is 12.2. The number of primary amides is 1. The van der Waals surface area contributed by atoms with Crippen LogP contribution in [0.4, 0.5) is 10.5 Å². The minimum atomic E-state index is -4.21. The molecule has 0 unspecified atom stereocenters. The number of H-pyrrole nitrogens is 1. The Hall–Kier alpha value is -3.52. The van der Waals surface area contributed by atoms with Gasteiger partial charge in [-0.25, -0.2) is 13.2 Å². The van der Waals surface area contributed by atoms with E-state index in [0.717, 1.165) is 0 Å². The van der Waals surface area contributed by atoms with Crippen molar-refractivity contribution >= 4 is 50.2 Å². The molecular formula is C26H30ClN5O7S. The zero-order valence-electron chi connectivity index (χ0n) is 21.5. The van der Waals surface area contributed by atoms with Crippen molar-refractivity contribution in [3.05, 3.63) is 53.2 Å². The molecule has 2 amide bonds. The summed E-state index contributed by atoms with van der Waals surface area (Å²) < 4.78 is 40.8. The number of piperidine rings is 1. The monoisotopic (exact) mass is 591 g/mol. The largest absolute Gasteiger partial charge is 0.491 e. The lowest BCUT2D eigenvalue weighted by molar-refractivity contribution is -0.0249. The molecule has 40 heavy (non-hydrogen) atoms. The Balaban J connectivity index is 1.43. The number of hydrogen-bond donors (Lipinski definition) is 4. The van der Waals surface area contributed by atoms with Gasteiger partial charge >= 0.3 is 6.09 Å². The molecule has 14 heteroatoms. The van der Waals surface area contributed by atoms with Crippen molar-refractivity contribution in [1.82, 2.24) is 14.2 Å². The molecule has 0 saturated carbocycles. The van der Waals surface area contributed by atoms with E-state index in [1.165, 1.54) is 15.3 Å². The van der Waals surface area contributed by atoms with Gasteiger partial charge in [0.15, 0.2) is 0 Å². The van der Waals surface area contributed by atoms with Crippen molar-refractivity contribution in [3.8, 4) is 5.75 Å². The maximum atomic E-state index is 14.0. The number of carboxylic acid groups (broad SMARTS) is 1. The fourth-order valence-corrected chi connectivity index (χ4v) is 7.08. The predicted molar refractivity (Wildman–Crippen MR) is 149 cm³/mol. The Bertz CT molecular complexity index is 1510. The van der Waals surface area contributed by atoms with Gasteiger partial charge in [-0.2, -0.15) is 4.31 Å². The second-order valence-corrected chi connectivity index (χ2v) is 12.0. The van der Waals surface area contributed by atoms with E-state index < -0.39 is 28.1 Å². The number of nitrogens with two attached hydrogens (primary N) is 1. The predicted octanol–water partition coefficient (Wildman–Crippen LogP) is 2.94. The van der Waals surface area contributed by atoms with Crippen molar-refractivity contribution in [2.45, 2.75) is 29.9 Å². The van der Waals surface area contributed by atoms with Gasteiger partial charge in [0.2, 0.25) is 10.0 Å². The molecule has 1 atom stereocenters. The molecule has 5 rings (SSSR count). The van der Waals surface area contributed by atoms with Crippen LogP contribution in [0.15, 0.2) is 47.4 Å². The Morgan fingerprint density at radius 1 is 1.18 bits per heavy atom. The van der Waals surface area contributed by atoms with Gasteiger partial charge in [-0.05, 0) is 37.1 Å². The first-order chi connectivity index (χ1) is 19.1. The van der Waals surface area contributed by atoms with Crippen molar-refractivity contribution in [2.75, 3.05) is 44.7 Å². The summed E-state index contributed by atoms with van der Waals surface area (Å²) in [4.78, 5) is 27.7. The second kappa shape index (κ2) is 11.5. The molecule has 0 spiro atoms. The number of fused-ring (bicyclic) bond motifs is 1. The van der Waals surface area contributed by atoms with Crippen molar-refractivity contribution < 1.29 is 32.6 Å². The number of sulfonamides is 1. The Labute approximate surface area is 236 Å². The van der Waals surface area contributed by atoms with Gasteiger partial charge < -0.3 is 35.5 Å². The number of carbonyl (C=O) groups is 2. The number of hydrogen-bond acceptors (Lipinski definition) is 7. The number of halogens is 1. The van der Waals surface area contributed by atoms with Crippen LogP contribution in [0.1, 0.15) is 23.3 Å². The van der Waals surface area contributed by atoms with Gasteiger partial charge in [-0.1, -0.05) is 29.8 Å². The maximum absolute atomic E-state index is 14.0. The van der Waals surface area contributed by atoms with E-state index in [9.17, 15) is 23.1 Å². The zero-order chi connectivity index (χ0) is 28.4. The number of aromatic nitrogens is 1. The first kappa shape index (κ1) is 28.0. The first-order valence-corrected chi connectivity index (χ1v) is 14.6. The van der Waals surface area contributed by atoms with Crippen LogP contribution in [-0.4, -0.2) is 91.3 Å². The number of morpholine rings is 1. The fourth-order valence-electron chi connectivity index (χ4n) is 5.07.